The number of rotatable bonds is 1. The van der Waals surface area contributed by atoms with Crippen molar-refractivity contribution in [3.05, 3.63) is 0 Å². The molecule has 0 saturated carbocycles. The van der Waals surface area contributed by atoms with Crippen LogP contribution in [0.15, 0.2) is 5.10 Å². The van der Waals surface area contributed by atoms with Crippen molar-refractivity contribution >= 4 is 5.71 Å². The Morgan fingerprint density at radius 2 is 0.842 bits per heavy atom. The highest BCUT2D eigenvalue weighted by Crippen LogP contribution is 2.37. The molecule has 0 rings (SSSR count). The molecule has 0 aliphatic heterocycles. The second kappa shape index (κ2) is 4.63. The molecule has 0 fully saturated rings. The Balaban J connectivity index is 5.91. The summed E-state index contributed by atoms with van der Waals surface area (Å²) < 4.78 is 141. The largest absolute Gasteiger partial charge is 0.507 e. The first-order valence-corrected chi connectivity index (χ1v) is 3.64. The molecule has 0 heterocycles. The molecule has 0 aromatic rings. The zero-order valence-corrected chi connectivity index (χ0v) is 7.93. The van der Waals surface area contributed by atoms with Gasteiger partial charge in [0.1, 0.15) is 0 Å². The fraction of sp³-hybridized carbons (Fsp3) is 0.800. The van der Waals surface area contributed by atoms with E-state index in [1.54, 1.807) is 0 Å². The Morgan fingerprint density at radius 3 is 1.00 bits per heavy atom. The second-order valence-electron chi connectivity index (χ2n) is 2.69. The van der Waals surface area contributed by atoms with Crippen LogP contribution in [0.25, 0.3) is 0 Å². The second-order valence-corrected chi connectivity index (χ2v) is 2.69. The fourth-order valence-electron chi connectivity index (χ4n) is 0.631. The molecular weight excluding hydrogens is 316 g/mol. The van der Waals surface area contributed by atoms with Crippen LogP contribution in [-0.2, 0) is 0 Å². The number of hydrazone groups is 1. The van der Waals surface area contributed by atoms with Gasteiger partial charge in [-0.25, -0.2) is 0 Å². The molecule has 0 N–H and O–H groups in total. The molecular formula is C5F12N2. The molecule has 0 aliphatic carbocycles. The van der Waals surface area contributed by atoms with Crippen LogP contribution in [-0.4, -0.2) is 35.7 Å². The molecule has 0 saturated heterocycles. The van der Waals surface area contributed by atoms with Crippen LogP contribution in [0.3, 0.4) is 0 Å². The van der Waals surface area contributed by atoms with Crippen LogP contribution in [0.5, 0.6) is 0 Å². The van der Waals surface area contributed by atoms with E-state index in [4.69, 9.17) is 0 Å². The maximum absolute atomic E-state index is 11.7. The normalized spacial score (nSPS) is 14.3. The summed E-state index contributed by atoms with van der Waals surface area (Å²) in [5.74, 6) is 0. The summed E-state index contributed by atoms with van der Waals surface area (Å²) in [6, 6.07) is 0. The lowest BCUT2D eigenvalue weighted by Gasteiger charge is -2.25. The van der Waals surface area contributed by atoms with E-state index >= 15 is 0 Å². The standard InChI is InChI=1S/C5F12N2/c6-2(7,8)1(3(9,10)11)18-19(4(12,13)14)5(15,16)17. The van der Waals surface area contributed by atoms with Gasteiger partial charge < -0.3 is 0 Å². The number of alkyl halides is 12. The van der Waals surface area contributed by atoms with Crippen LogP contribution in [0.4, 0.5) is 52.7 Å². The maximum atomic E-state index is 11.7. The fourth-order valence-corrected chi connectivity index (χ4v) is 0.631. The van der Waals surface area contributed by atoms with Gasteiger partial charge in [0.25, 0.3) is 0 Å². The van der Waals surface area contributed by atoms with Gasteiger partial charge in [0.05, 0.1) is 0 Å². The van der Waals surface area contributed by atoms with E-state index in [1.165, 1.54) is 0 Å². The minimum atomic E-state index is -6.61. The minimum Gasteiger partial charge on any atom is -0.164 e. The number of nitrogens with zero attached hydrogens (tertiary/aromatic N) is 2. The Labute approximate surface area is 94.8 Å². The summed E-state index contributed by atoms with van der Waals surface area (Å²) in [4.78, 5) is 0. The molecule has 2 nitrogen and oxygen atoms in total. The number of hydrogen-bond acceptors (Lipinski definition) is 2. The van der Waals surface area contributed by atoms with Crippen molar-refractivity contribution in [3.8, 4) is 0 Å². The third kappa shape index (κ3) is 5.02. The van der Waals surface area contributed by atoms with Crippen molar-refractivity contribution in [1.29, 1.82) is 0 Å². The van der Waals surface area contributed by atoms with Gasteiger partial charge in [0, 0.05) is 0 Å². The van der Waals surface area contributed by atoms with Gasteiger partial charge >= 0.3 is 25.0 Å². The van der Waals surface area contributed by atoms with E-state index in [2.05, 4.69) is 0 Å². The van der Waals surface area contributed by atoms with Crippen LogP contribution in [0.2, 0.25) is 0 Å². The van der Waals surface area contributed by atoms with Crippen molar-refractivity contribution < 1.29 is 52.7 Å². The van der Waals surface area contributed by atoms with Gasteiger partial charge in [0.15, 0.2) is 0 Å². The molecule has 114 valence electrons. The third-order valence-electron chi connectivity index (χ3n) is 1.22. The molecule has 0 spiro atoms. The first kappa shape index (κ1) is 17.6. The highest BCUT2D eigenvalue weighted by molar-refractivity contribution is 5.94. The summed E-state index contributed by atoms with van der Waals surface area (Å²) in [7, 11) is 0. The van der Waals surface area contributed by atoms with Gasteiger partial charge in [-0.15, -0.1) is 31.4 Å². The van der Waals surface area contributed by atoms with Gasteiger partial charge in [-0.2, -0.15) is 31.4 Å². The lowest BCUT2D eigenvalue weighted by molar-refractivity contribution is -0.374. The number of halogens is 12. The van der Waals surface area contributed by atoms with Crippen LogP contribution in [0, 0.1) is 0 Å². The predicted molar refractivity (Wildman–Crippen MR) is 33.5 cm³/mol. The van der Waals surface area contributed by atoms with E-state index in [-0.39, 0.29) is 0 Å². The third-order valence-corrected chi connectivity index (χ3v) is 1.22. The Morgan fingerprint density at radius 1 is 0.579 bits per heavy atom. The Bertz CT molecular complexity index is 309. The van der Waals surface area contributed by atoms with E-state index < -0.39 is 35.7 Å². The SMILES string of the molecule is FC(F)(F)C(=NN(C(F)(F)F)C(F)(F)F)C(F)(F)F. The monoisotopic (exact) mass is 316 g/mol. The summed E-state index contributed by atoms with van der Waals surface area (Å²) in [6.45, 7) is 0. The zero-order chi connectivity index (χ0) is 15.9. The molecule has 0 bridgehead atoms. The predicted octanol–water partition coefficient (Wildman–Crippen LogP) is 3.81. The van der Waals surface area contributed by atoms with Crippen LogP contribution in [0.1, 0.15) is 0 Å². The van der Waals surface area contributed by atoms with Crippen molar-refractivity contribution in [3.63, 3.8) is 0 Å². The van der Waals surface area contributed by atoms with Crippen molar-refractivity contribution in [2.45, 2.75) is 25.0 Å². The highest BCUT2D eigenvalue weighted by atomic mass is 19.4. The maximum Gasteiger partial charge on any atom is 0.507 e. The average molecular weight is 316 g/mol. The minimum absolute atomic E-state index is 0.611. The van der Waals surface area contributed by atoms with E-state index in [0.717, 1.165) is 0 Å². The van der Waals surface area contributed by atoms with Gasteiger partial charge in [0.2, 0.25) is 5.71 Å². The van der Waals surface area contributed by atoms with Crippen molar-refractivity contribution in [1.82, 2.24) is 5.01 Å². The smallest absolute Gasteiger partial charge is 0.164 e. The summed E-state index contributed by atoms with van der Waals surface area (Å²) in [6.07, 6.45) is -26.3. The van der Waals surface area contributed by atoms with E-state index in [0.29, 0.717) is 5.10 Å². The van der Waals surface area contributed by atoms with Crippen molar-refractivity contribution in [2.24, 2.45) is 5.10 Å². The Hall–Kier alpha value is -1.37. The van der Waals surface area contributed by atoms with Crippen LogP contribution < -0.4 is 0 Å². The topological polar surface area (TPSA) is 15.6 Å². The zero-order valence-electron chi connectivity index (χ0n) is 7.93. The molecule has 0 aromatic carbocycles. The van der Waals surface area contributed by atoms with Crippen LogP contribution >= 0.6 is 0 Å². The first-order valence-electron chi connectivity index (χ1n) is 3.64. The summed E-state index contributed by atoms with van der Waals surface area (Å²) in [5.41, 5.74) is -4.19. The first-order chi connectivity index (χ1) is 7.97. The lowest BCUT2D eigenvalue weighted by atomic mass is 10.3. The average Bonchev–Trinajstić information content (AvgIpc) is 1.91. The summed E-state index contributed by atoms with van der Waals surface area (Å²) >= 11 is 0. The molecule has 0 unspecified atom stereocenters. The highest BCUT2D eigenvalue weighted by Gasteiger charge is 2.59. The molecule has 19 heavy (non-hydrogen) atoms. The Kier molecular flexibility index (Phi) is 4.29. The molecule has 14 heteroatoms. The number of hydrogen-bond donors (Lipinski definition) is 0. The quantitative estimate of drug-likeness (QED) is 0.311. The molecule has 0 amide bonds. The molecule has 0 aliphatic rings. The lowest BCUT2D eigenvalue weighted by Crippen LogP contribution is -2.48. The summed E-state index contributed by atoms with van der Waals surface area (Å²) in [5, 5.41) is -2.57. The van der Waals surface area contributed by atoms with Gasteiger partial charge in [-0.1, -0.05) is 0 Å². The molecule has 0 atom stereocenters. The molecule has 0 radical (unpaired) electrons. The van der Waals surface area contributed by atoms with E-state index in [9.17, 15) is 52.7 Å². The van der Waals surface area contributed by atoms with E-state index in [1.807, 2.05) is 0 Å². The molecule has 0 aromatic heterocycles. The van der Waals surface area contributed by atoms with Gasteiger partial charge in [-0.05, 0) is 0 Å². The van der Waals surface area contributed by atoms with Gasteiger partial charge in [-0.3, -0.25) is 0 Å². The van der Waals surface area contributed by atoms with Crippen molar-refractivity contribution in [2.75, 3.05) is 0 Å².